The smallest absolute Gasteiger partial charge is 0.244 e. The summed E-state index contributed by atoms with van der Waals surface area (Å²) >= 11 is 0. The maximum absolute atomic E-state index is 13.5. The summed E-state index contributed by atoms with van der Waals surface area (Å²) in [4.78, 5) is 14.5. The van der Waals surface area contributed by atoms with E-state index in [1.807, 2.05) is 50.2 Å². The third-order valence-electron chi connectivity index (χ3n) is 5.06. The third kappa shape index (κ3) is 4.34. The van der Waals surface area contributed by atoms with Crippen LogP contribution in [0.1, 0.15) is 22.3 Å². The van der Waals surface area contributed by atoms with Crippen LogP contribution in [-0.2, 0) is 14.8 Å². The second-order valence-electron chi connectivity index (χ2n) is 6.96. The number of carbonyl (C=O) groups is 1. The first-order chi connectivity index (χ1) is 13.1. The van der Waals surface area contributed by atoms with Crippen LogP contribution in [0.25, 0.3) is 0 Å². The highest BCUT2D eigenvalue weighted by molar-refractivity contribution is 7.89. The zero-order valence-corrected chi connectivity index (χ0v) is 18.0. The highest BCUT2D eigenvalue weighted by Crippen LogP contribution is 2.29. The van der Waals surface area contributed by atoms with Crippen LogP contribution in [0, 0.1) is 27.7 Å². The number of carbonyl (C=O) groups excluding carboxylic acids is 1. The van der Waals surface area contributed by atoms with Crippen LogP contribution in [0.15, 0.2) is 53.9 Å². The van der Waals surface area contributed by atoms with Crippen LogP contribution in [0.2, 0.25) is 0 Å². The standard InChI is InChI=1S/C22H28N2O3S/c1-7-13-24(15-21(25)23(6)20-11-9-8-10-12-20)28(26,27)22-18(4)16(2)14-17(3)19(22)5/h7-12,14H,1,13,15H2,2-6H3. The fraction of sp³-hybridized carbons (Fsp3) is 0.318. The number of anilines is 1. The van der Waals surface area contributed by atoms with Gasteiger partial charge in [-0.3, -0.25) is 4.79 Å². The lowest BCUT2D eigenvalue weighted by molar-refractivity contribution is -0.118. The van der Waals surface area contributed by atoms with E-state index in [2.05, 4.69) is 6.58 Å². The van der Waals surface area contributed by atoms with Crippen LogP contribution in [0.4, 0.5) is 5.69 Å². The van der Waals surface area contributed by atoms with Gasteiger partial charge in [-0.25, -0.2) is 8.42 Å². The molecule has 0 saturated heterocycles. The summed E-state index contributed by atoms with van der Waals surface area (Å²) in [6.45, 7) is 10.9. The van der Waals surface area contributed by atoms with E-state index in [4.69, 9.17) is 0 Å². The molecule has 2 aromatic rings. The van der Waals surface area contributed by atoms with E-state index >= 15 is 0 Å². The molecule has 6 heteroatoms. The number of nitrogens with zero attached hydrogens (tertiary/aromatic N) is 2. The molecule has 2 rings (SSSR count). The Balaban J connectivity index is 2.43. The molecule has 0 bridgehead atoms. The normalized spacial score (nSPS) is 11.5. The summed E-state index contributed by atoms with van der Waals surface area (Å²) in [6.07, 6.45) is 1.50. The lowest BCUT2D eigenvalue weighted by atomic mass is 10.0. The van der Waals surface area contributed by atoms with Gasteiger partial charge < -0.3 is 4.90 Å². The third-order valence-corrected chi connectivity index (χ3v) is 7.14. The summed E-state index contributed by atoms with van der Waals surface area (Å²) in [5.41, 5.74) is 3.95. The number of hydrogen-bond donors (Lipinski definition) is 0. The lowest BCUT2D eigenvalue weighted by Crippen LogP contribution is -2.42. The molecule has 1 amide bonds. The Bertz CT molecular complexity index is 956. The predicted molar refractivity (Wildman–Crippen MR) is 114 cm³/mol. The lowest BCUT2D eigenvalue weighted by Gasteiger charge is -2.26. The van der Waals surface area contributed by atoms with Gasteiger partial charge in [0.25, 0.3) is 0 Å². The molecular weight excluding hydrogens is 372 g/mol. The molecule has 0 spiro atoms. The van der Waals surface area contributed by atoms with Crippen molar-refractivity contribution >= 4 is 21.6 Å². The molecule has 150 valence electrons. The Labute approximate surface area is 168 Å². The molecule has 0 saturated carbocycles. The van der Waals surface area contributed by atoms with Gasteiger partial charge in [-0.05, 0) is 62.1 Å². The summed E-state index contributed by atoms with van der Waals surface area (Å²) in [7, 11) is -2.22. The molecular formula is C22H28N2O3S. The number of likely N-dealkylation sites (N-methyl/N-ethyl adjacent to an activating group) is 1. The molecule has 0 radical (unpaired) electrons. The topological polar surface area (TPSA) is 57.7 Å². The van der Waals surface area contributed by atoms with E-state index in [1.54, 1.807) is 20.9 Å². The van der Waals surface area contributed by atoms with E-state index in [9.17, 15) is 13.2 Å². The van der Waals surface area contributed by atoms with Gasteiger partial charge in [-0.15, -0.1) is 6.58 Å². The number of benzene rings is 2. The minimum atomic E-state index is -3.87. The summed E-state index contributed by atoms with van der Waals surface area (Å²) in [5.74, 6) is -0.309. The van der Waals surface area contributed by atoms with Crippen molar-refractivity contribution in [2.45, 2.75) is 32.6 Å². The van der Waals surface area contributed by atoms with Gasteiger partial charge in [-0.2, -0.15) is 4.31 Å². The van der Waals surface area contributed by atoms with Crippen molar-refractivity contribution in [3.05, 3.63) is 71.3 Å². The molecule has 2 aromatic carbocycles. The first-order valence-corrected chi connectivity index (χ1v) is 10.5. The van der Waals surface area contributed by atoms with Gasteiger partial charge in [0.15, 0.2) is 0 Å². The average molecular weight is 401 g/mol. The van der Waals surface area contributed by atoms with Crippen molar-refractivity contribution in [1.82, 2.24) is 4.31 Å². The molecule has 0 aliphatic carbocycles. The second kappa shape index (κ2) is 8.71. The van der Waals surface area contributed by atoms with Crippen LogP contribution in [-0.4, -0.2) is 38.8 Å². The van der Waals surface area contributed by atoms with Crippen molar-refractivity contribution in [2.75, 3.05) is 25.0 Å². The van der Waals surface area contributed by atoms with E-state index in [0.717, 1.165) is 11.1 Å². The number of sulfonamides is 1. The zero-order valence-electron chi connectivity index (χ0n) is 17.2. The van der Waals surface area contributed by atoms with Crippen molar-refractivity contribution < 1.29 is 13.2 Å². The minimum Gasteiger partial charge on any atom is -0.314 e. The monoisotopic (exact) mass is 400 g/mol. The summed E-state index contributed by atoms with van der Waals surface area (Å²) < 4.78 is 28.1. The Morgan fingerprint density at radius 2 is 1.57 bits per heavy atom. The largest absolute Gasteiger partial charge is 0.314 e. The SMILES string of the molecule is C=CCN(CC(=O)N(C)c1ccccc1)S(=O)(=O)c1c(C)c(C)cc(C)c1C. The highest BCUT2D eigenvalue weighted by Gasteiger charge is 2.30. The molecule has 0 fully saturated rings. The predicted octanol–water partition coefficient (Wildman–Crippen LogP) is 3.76. The van der Waals surface area contributed by atoms with E-state index in [0.29, 0.717) is 16.8 Å². The first-order valence-electron chi connectivity index (χ1n) is 9.11. The van der Waals surface area contributed by atoms with E-state index < -0.39 is 10.0 Å². The highest BCUT2D eigenvalue weighted by atomic mass is 32.2. The van der Waals surface area contributed by atoms with Crippen LogP contribution in [0.3, 0.4) is 0 Å². The zero-order chi connectivity index (χ0) is 21.1. The minimum absolute atomic E-state index is 0.0581. The molecule has 0 aliphatic rings. The van der Waals surface area contributed by atoms with Crippen molar-refractivity contribution in [2.24, 2.45) is 0 Å². The molecule has 5 nitrogen and oxygen atoms in total. The van der Waals surface area contributed by atoms with Crippen LogP contribution in [0.5, 0.6) is 0 Å². The van der Waals surface area contributed by atoms with Crippen LogP contribution >= 0.6 is 0 Å². The van der Waals surface area contributed by atoms with Gasteiger partial charge in [0.1, 0.15) is 0 Å². The van der Waals surface area contributed by atoms with E-state index in [1.165, 1.54) is 15.3 Å². The maximum atomic E-state index is 13.5. The molecule has 0 unspecified atom stereocenters. The Morgan fingerprint density at radius 3 is 2.07 bits per heavy atom. The molecule has 0 aliphatic heterocycles. The Kier molecular flexibility index (Phi) is 6.80. The fourth-order valence-corrected chi connectivity index (χ4v) is 5.08. The van der Waals surface area contributed by atoms with Crippen molar-refractivity contribution in [3.63, 3.8) is 0 Å². The van der Waals surface area contributed by atoms with E-state index in [-0.39, 0.29) is 23.9 Å². The van der Waals surface area contributed by atoms with Gasteiger partial charge >= 0.3 is 0 Å². The maximum Gasteiger partial charge on any atom is 0.244 e. The van der Waals surface area contributed by atoms with Gasteiger partial charge in [0.2, 0.25) is 15.9 Å². The van der Waals surface area contributed by atoms with Crippen LogP contribution < -0.4 is 4.90 Å². The number of aryl methyl sites for hydroxylation is 2. The quantitative estimate of drug-likeness (QED) is 0.665. The molecule has 0 aromatic heterocycles. The number of hydrogen-bond acceptors (Lipinski definition) is 3. The summed E-state index contributed by atoms with van der Waals surface area (Å²) in [5, 5.41) is 0. The summed E-state index contributed by atoms with van der Waals surface area (Å²) in [6, 6.07) is 11.1. The molecule has 0 heterocycles. The first kappa shape index (κ1) is 21.9. The Hall–Kier alpha value is -2.44. The average Bonchev–Trinajstić information content (AvgIpc) is 2.66. The fourth-order valence-electron chi connectivity index (χ4n) is 3.14. The number of amides is 1. The molecule has 28 heavy (non-hydrogen) atoms. The van der Waals surface area contributed by atoms with Gasteiger partial charge in [0.05, 0.1) is 11.4 Å². The second-order valence-corrected chi connectivity index (χ2v) is 8.84. The number of para-hydroxylation sites is 1. The van der Waals surface area contributed by atoms with Gasteiger partial charge in [-0.1, -0.05) is 30.3 Å². The Morgan fingerprint density at radius 1 is 1.04 bits per heavy atom. The van der Waals surface area contributed by atoms with Crippen molar-refractivity contribution in [3.8, 4) is 0 Å². The van der Waals surface area contributed by atoms with Crippen molar-refractivity contribution in [1.29, 1.82) is 0 Å². The molecule has 0 atom stereocenters. The van der Waals surface area contributed by atoms with Gasteiger partial charge in [0, 0.05) is 19.3 Å². The number of rotatable bonds is 7. The molecule has 0 N–H and O–H groups in total.